The minimum atomic E-state index is 0.789. The van der Waals surface area contributed by atoms with E-state index in [1.54, 1.807) is 5.56 Å². The van der Waals surface area contributed by atoms with Crippen molar-refractivity contribution in [2.75, 3.05) is 38.1 Å². The smallest absolute Gasteiger partial charge is 0.0403 e. The first-order valence-corrected chi connectivity index (χ1v) is 7.59. The van der Waals surface area contributed by atoms with Crippen molar-refractivity contribution in [1.82, 2.24) is 10.2 Å². The summed E-state index contributed by atoms with van der Waals surface area (Å²) < 4.78 is 0. The Morgan fingerprint density at radius 3 is 3.11 bits per heavy atom. The lowest BCUT2D eigenvalue weighted by atomic mass is 9.98. The zero-order valence-electron chi connectivity index (χ0n) is 11.7. The Labute approximate surface area is 115 Å². The monoisotopic (exact) mass is 257 g/mol. The first-order valence-electron chi connectivity index (χ1n) is 7.59. The molecule has 3 aliphatic heterocycles. The molecule has 2 saturated heterocycles. The van der Waals surface area contributed by atoms with Gasteiger partial charge in [0.2, 0.25) is 0 Å². The second-order valence-corrected chi connectivity index (χ2v) is 6.34. The van der Waals surface area contributed by atoms with Gasteiger partial charge in [0.25, 0.3) is 0 Å². The van der Waals surface area contributed by atoms with Gasteiger partial charge in [-0.25, -0.2) is 0 Å². The van der Waals surface area contributed by atoms with E-state index in [2.05, 4.69) is 40.4 Å². The van der Waals surface area contributed by atoms with Crippen molar-refractivity contribution >= 4 is 5.69 Å². The maximum absolute atomic E-state index is 3.48. The first kappa shape index (κ1) is 11.7. The highest BCUT2D eigenvalue weighted by atomic mass is 15.3. The molecule has 3 aliphatic rings. The molecule has 19 heavy (non-hydrogen) atoms. The minimum absolute atomic E-state index is 0.789. The maximum Gasteiger partial charge on any atom is 0.0403 e. The van der Waals surface area contributed by atoms with Crippen molar-refractivity contribution < 1.29 is 0 Å². The summed E-state index contributed by atoms with van der Waals surface area (Å²) >= 11 is 0. The number of fused-ring (bicyclic) bond motifs is 2. The van der Waals surface area contributed by atoms with Crippen LogP contribution < -0.4 is 10.2 Å². The van der Waals surface area contributed by atoms with E-state index < -0.39 is 0 Å². The van der Waals surface area contributed by atoms with Crippen molar-refractivity contribution in [3.63, 3.8) is 0 Å². The van der Waals surface area contributed by atoms with Crippen molar-refractivity contribution in [3.05, 3.63) is 29.3 Å². The molecule has 0 aliphatic carbocycles. The summed E-state index contributed by atoms with van der Waals surface area (Å²) in [7, 11) is 2.29. The first-order chi connectivity index (χ1) is 9.33. The van der Waals surface area contributed by atoms with E-state index in [9.17, 15) is 0 Å². The molecule has 2 fully saturated rings. The Morgan fingerprint density at radius 2 is 2.21 bits per heavy atom. The summed E-state index contributed by atoms with van der Waals surface area (Å²) in [6.07, 6.45) is 2.57. The number of nitrogens with one attached hydrogen (secondary N) is 1. The quantitative estimate of drug-likeness (QED) is 0.822. The zero-order chi connectivity index (χ0) is 12.8. The van der Waals surface area contributed by atoms with E-state index in [1.165, 1.54) is 43.7 Å². The van der Waals surface area contributed by atoms with Crippen LogP contribution in [0.1, 0.15) is 17.5 Å². The molecular weight excluding hydrogens is 234 g/mol. The third kappa shape index (κ3) is 1.87. The van der Waals surface area contributed by atoms with E-state index >= 15 is 0 Å². The van der Waals surface area contributed by atoms with Gasteiger partial charge in [0.1, 0.15) is 0 Å². The molecule has 0 spiro atoms. The molecule has 3 heterocycles. The lowest BCUT2D eigenvalue weighted by Gasteiger charge is -2.28. The van der Waals surface area contributed by atoms with Crippen molar-refractivity contribution in [1.29, 1.82) is 0 Å². The molecule has 2 atom stereocenters. The molecule has 0 amide bonds. The molecule has 0 saturated carbocycles. The van der Waals surface area contributed by atoms with Crippen LogP contribution in [-0.2, 0) is 13.0 Å². The maximum atomic E-state index is 3.48. The summed E-state index contributed by atoms with van der Waals surface area (Å²) in [5.74, 6) is 0.891. The number of hydrogen-bond donors (Lipinski definition) is 1. The highest BCUT2D eigenvalue weighted by Crippen LogP contribution is 2.36. The highest BCUT2D eigenvalue weighted by Gasteiger charge is 2.40. The third-order valence-corrected chi connectivity index (χ3v) is 5.28. The Kier molecular flexibility index (Phi) is 2.78. The van der Waals surface area contributed by atoms with Crippen LogP contribution in [0.5, 0.6) is 0 Å². The molecular formula is C16H23N3. The summed E-state index contributed by atoms with van der Waals surface area (Å²) in [6, 6.07) is 7.65. The molecule has 2 unspecified atom stereocenters. The number of anilines is 1. The molecule has 1 aromatic carbocycles. The molecule has 102 valence electrons. The van der Waals surface area contributed by atoms with Crippen LogP contribution in [0, 0.1) is 5.92 Å². The number of likely N-dealkylation sites (tertiary alicyclic amines) is 1. The summed E-state index contributed by atoms with van der Waals surface area (Å²) in [6.45, 7) is 5.96. The molecule has 1 aromatic rings. The van der Waals surface area contributed by atoms with Gasteiger partial charge in [0.15, 0.2) is 0 Å². The molecule has 0 aromatic heterocycles. The van der Waals surface area contributed by atoms with Gasteiger partial charge in [-0.1, -0.05) is 12.1 Å². The van der Waals surface area contributed by atoms with Crippen LogP contribution in [0.2, 0.25) is 0 Å². The van der Waals surface area contributed by atoms with Gasteiger partial charge in [-0.2, -0.15) is 0 Å². The van der Waals surface area contributed by atoms with Crippen LogP contribution in [0.4, 0.5) is 5.69 Å². The van der Waals surface area contributed by atoms with E-state index in [0.29, 0.717) is 0 Å². The van der Waals surface area contributed by atoms with Crippen molar-refractivity contribution in [2.45, 2.75) is 25.4 Å². The number of benzene rings is 1. The van der Waals surface area contributed by atoms with Crippen LogP contribution >= 0.6 is 0 Å². The number of hydrogen-bond acceptors (Lipinski definition) is 3. The van der Waals surface area contributed by atoms with Crippen LogP contribution in [0.15, 0.2) is 18.2 Å². The van der Waals surface area contributed by atoms with Gasteiger partial charge in [-0.3, -0.25) is 0 Å². The zero-order valence-corrected chi connectivity index (χ0v) is 11.7. The molecule has 0 bridgehead atoms. The molecule has 3 heteroatoms. The molecule has 3 nitrogen and oxygen atoms in total. The van der Waals surface area contributed by atoms with E-state index in [1.807, 2.05) is 0 Å². The average Bonchev–Trinajstić information content (AvgIpc) is 3.01. The fraction of sp³-hybridized carbons (Fsp3) is 0.625. The topological polar surface area (TPSA) is 18.5 Å². The Hall–Kier alpha value is -1.06. The van der Waals surface area contributed by atoms with Crippen LogP contribution in [0.25, 0.3) is 0 Å². The van der Waals surface area contributed by atoms with Crippen molar-refractivity contribution in [2.24, 2.45) is 5.92 Å². The summed E-state index contributed by atoms with van der Waals surface area (Å²) in [4.78, 5) is 5.21. The number of likely N-dealkylation sites (N-methyl/N-ethyl adjacent to an activating group) is 1. The van der Waals surface area contributed by atoms with Gasteiger partial charge in [0.05, 0.1) is 0 Å². The fourth-order valence-corrected chi connectivity index (χ4v) is 4.18. The van der Waals surface area contributed by atoms with Gasteiger partial charge in [0, 0.05) is 31.4 Å². The molecule has 0 radical (unpaired) electrons. The van der Waals surface area contributed by atoms with Gasteiger partial charge in [-0.15, -0.1) is 0 Å². The van der Waals surface area contributed by atoms with E-state index in [0.717, 1.165) is 25.0 Å². The lowest BCUT2D eigenvalue weighted by Crippen LogP contribution is -2.33. The van der Waals surface area contributed by atoms with Gasteiger partial charge >= 0.3 is 0 Å². The highest BCUT2D eigenvalue weighted by molar-refractivity contribution is 5.58. The summed E-state index contributed by atoms with van der Waals surface area (Å²) in [5.41, 5.74) is 4.62. The standard InChI is InChI=1S/C16H23N3/c1-18-8-6-13-10-19(11-16(13)18)15-4-2-3-12-9-17-7-5-14(12)15/h2-4,13,16-17H,5-11H2,1H3. The number of nitrogens with zero attached hydrogens (tertiary/aromatic N) is 2. The Bertz CT molecular complexity index is 485. The van der Waals surface area contributed by atoms with E-state index in [-0.39, 0.29) is 0 Å². The predicted molar refractivity (Wildman–Crippen MR) is 78.6 cm³/mol. The number of rotatable bonds is 1. The van der Waals surface area contributed by atoms with Gasteiger partial charge < -0.3 is 15.1 Å². The SMILES string of the molecule is CN1CCC2CN(c3cccc4c3CCNC4)CC21. The average molecular weight is 257 g/mol. The Balaban J connectivity index is 1.64. The normalized spacial score (nSPS) is 30.5. The summed E-state index contributed by atoms with van der Waals surface area (Å²) in [5, 5.41) is 3.48. The van der Waals surface area contributed by atoms with Gasteiger partial charge in [-0.05, 0) is 56.1 Å². The molecule has 4 rings (SSSR count). The minimum Gasteiger partial charge on any atom is -0.369 e. The second kappa shape index (κ2) is 4.50. The third-order valence-electron chi connectivity index (χ3n) is 5.28. The second-order valence-electron chi connectivity index (χ2n) is 6.34. The lowest BCUT2D eigenvalue weighted by molar-refractivity contribution is 0.310. The van der Waals surface area contributed by atoms with Crippen LogP contribution in [0.3, 0.4) is 0 Å². The molecule has 1 N–H and O–H groups in total. The predicted octanol–water partition coefficient (Wildman–Crippen LogP) is 1.47. The largest absolute Gasteiger partial charge is 0.369 e. The van der Waals surface area contributed by atoms with Crippen molar-refractivity contribution in [3.8, 4) is 0 Å². The van der Waals surface area contributed by atoms with E-state index in [4.69, 9.17) is 0 Å². The van der Waals surface area contributed by atoms with Crippen LogP contribution in [-0.4, -0.2) is 44.2 Å². The fourth-order valence-electron chi connectivity index (χ4n) is 4.18. The Morgan fingerprint density at radius 1 is 1.26 bits per heavy atom.